The topological polar surface area (TPSA) is 20.1 Å². The van der Waals surface area contributed by atoms with Crippen LogP contribution in [0.25, 0.3) is 15.7 Å². The van der Waals surface area contributed by atoms with E-state index in [9.17, 15) is 0 Å². The lowest BCUT2D eigenvalue weighted by molar-refractivity contribution is 1.47. The highest BCUT2D eigenvalue weighted by Gasteiger charge is 2.00. The number of halogens is 1. The molecule has 0 saturated carbocycles. The van der Waals surface area contributed by atoms with Crippen molar-refractivity contribution in [2.75, 3.05) is 0 Å². The minimum atomic E-state index is 0.681. The maximum atomic E-state index is 6.83. The number of fused-ring (bicyclic) bond motifs is 1. The minimum Gasteiger partial charge on any atom is -0.361 e. The van der Waals surface area contributed by atoms with Crippen LogP contribution in [-0.4, -0.2) is 4.98 Å². The molecule has 0 aliphatic heterocycles. The third-order valence-corrected chi connectivity index (χ3v) is 2.64. The van der Waals surface area contributed by atoms with E-state index in [4.69, 9.17) is 6.57 Å². The first kappa shape index (κ1) is 7.62. The van der Waals surface area contributed by atoms with Crippen molar-refractivity contribution in [1.82, 2.24) is 4.98 Å². The van der Waals surface area contributed by atoms with E-state index in [1.807, 2.05) is 24.4 Å². The molecular weight excluding hydrogens is 263 g/mol. The van der Waals surface area contributed by atoms with Crippen LogP contribution < -0.4 is 0 Å². The van der Waals surface area contributed by atoms with Gasteiger partial charge in [-0.2, -0.15) is 0 Å². The van der Waals surface area contributed by atoms with Crippen LogP contribution in [0.3, 0.4) is 0 Å². The average Bonchev–Trinajstić information content (AvgIpc) is 2.47. The third-order valence-electron chi connectivity index (χ3n) is 1.74. The molecule has 2 aromatic rings. The summed E-state index contributed by atoms with van der Waals surface area (Å²) in [5.41, 5.74) is 1.72. The maximum absolute atomic E-state index is 6.83. The number of nitrogens with one attached hydrogen (secondary N) is 1. The Morgan fingerprint density at radius 1 is 1.42 bits per heavy atom. The van der Waals surface area contributed by atoms with E-state index in [1.54, 1.807) is 0 Å². The molecule has 0 atom stereocenters. The summed E-state index contributed by atoms with van der Waals surface area (Å²) in [7, 11) is 0. The molecule has 2 nitrogen and oxygen atoms in total. The van der Waals surface area contributed by atoms with E-state index >= 15 is 0 Å². The molecule has 58 valence electrons. The van der Waals surface area contributed by atoms with Gasteiger partial charge in [0.05, 0.1) is 6.57 Å². The number of aromatic nitrogens is 1. The first-order chi connectivity index (χ1) is 5.81. The molecule has 1 heterocycles. The van der Waals surface area contributed by atoms with Gasteiger partial charge in [0.15, 0.2) is 5.69 Å². The molecule has 1 aromatic heterocycles. The van der Waals surface area contributed by atoms with Crippen molar-refractivity contribution in [3.05, 3.63) is 39.4 Å². The van der Waals surface area contributed by atoms with Gasteiger partial charge >= 0.3 is 0 Å². The van der Waals surface area contributed by atoms with Crippen molar-refractivity contribution >= 4 is 39.2 Å². The molecule has 0 bridgehead atoms. The highest BCUT2D eigenvalue weighted by atomic mass is 127. The van der Waals surface area contributed by atoms with Gasteiger partial charge in [-0.1, -0.05) is 12.1 Å². The summed E-state index contributed by atoms with van der Waals surface area (Å²) in [5.74, 6) is 0. The number of hydrogen-bond donors (Lipinski definition) is 1. The van der Waals surface area contributed by atoms with E-state index in [-0.39, 0.29) is 0 Å². The summed E-state index contributed by atoms with van der Waals surface area (Å²) in [6.45, 7) is 6.83. The normalized spacial score (nSPS) is 10.0. The van der Waals surface area contributed by atoms with Gasteiger partial charge in [-0.05, 0) is 28.7 Å². The molecule has 0 saturated heterocycles. The zero-order valence-corrected chi connectivity index (χ0v) is 8.29. The SMILES string of the molecule is [C-]#[N+]c1ccc2c(I)c[nH]c2c1. The summed E-state index contributed by atoms with van der Waals surface area (Å²) in [6.07, 6.45) is 1.94. The Labute approximate surface area is 83.6 Å². The van der Waals surface area contributed by atoms with Gasteiger partial charge in [-0.25, -0.2) is 4.85 Å². The summed E-state index contributed by atoms with van der Waals surface area (Å²) in [4.78, 5) is 6.47. The Bertz CT molecular complexity index is 465. The summed E-state index contributed by atoms with van der Waals surface area (Å²) in [6, 6.07) is 5.68. The molecule has 12 heavy (non-hydrogen) atoms. The van der Waals surface area contributed by atoms with Crippen molar-refractivity contribution in [2.45, 2.75) is 0 Å². The number of H-pyrrole nitrogens is 1. The van der Waals surface area contributed by atoms with Crippen LogP contribution in [0.5, 0.6) is 0 Å². The van der Waals surface area contributed by atoms with E-state index < -0.39 is 0 Å². The van der Waals surface area contributed by atoms with Gasteiger partial charge in [-0.3, -0.25) is 0 Å². The second-order valence-electron chi connectivity index (χ2n) is 2.48. The molecule has 0 fully saturated rings. The molecule has 1 aromatic carbocycles. The third kappa shape index (κ3) is 1.08. The van der Waals surface area contributed by atoms with Crippen molar-refractivity contribution in [3.63, 3.8) is 0 Å². The largest absolute Gasteiger partial charge is 0.361 e. The fraction of sp³-hybridized carbons (Fsp3) is 0. The molecule has 3 heteroatoms. The van der Waals surface area contributed by atoms with Crippen molar-refractivity contribution in [1.29, 1.82) is 0 Å². The Hall–Kier alpha value is -1.02. The van der Waals surface area contributed by atoms with Gasteiger partial charge in [-0.15, -0.1) is 0 Å². The van der Waals surface area contributed by atoms with Crippen LogP contribution in [0, 0.1) is 10.1 Å². The highest BCUT2D eigenvalue weighted by molar-refractivity contribution is 14.1. The number of benzene rings is 1. The quantitative estimate of drug-likeness (QED) is 0.558. The van der Waals surface area contributed by atoms with E-state index in [1.165, 1.54) is 8.96 Å². The fourth-order valence-corrected chi connectivity index (χ4v) is 1.77. The van der Waals surface area contributed by atoms with Crippen molar-refractivity contribution < 1.29 is 0 Å². The van der Waals surface area contributed by atoms with Crippen LogP contribution in [0.15, 0.2) is 24.4 Å². The molecule has 0 amide bonds. The molecular formula is C9H5IN2. The van der Waals surface area contributed by atoms with E-state index in [2.05, 4.69) is 32.4 Å². The monoisotopic (exact) mass is 268 g/mol. The number of hydrogen-bond acceptors (Lipinski definition) is 0. The predicted octanol–water partition coefficient (Wildman–Crippen LogP) is 3.32. The van der Waals surface area contributed by atoms with Crippen molar-refractivity contribution in [2.24, 2.45) is 0 Å². The van der Waals surface area contributed by atoms with Gasteiger partial charge in [0, 0.05) is 20.7 Å². The van der Waals surface area contributed by atoms with Crippen molar-refractivity contribution in [3.8, 4) is 0 Å². The number of rotatable bonds is 0. The lowest BCUT2D eigenvalue weighted by Crippen LogP contribution is -1.66. The zero-order valence-electron chi connectivity index (χ0n) is 6.13. The van der Waals surface area contributed by atoms with Crippen LogP contribution in [-0.2, 0) is 0 Å². The standard InChI is InChI=1S/C9H5IN2/c1-11-6-2-3-7-8(10)5-12-9(7)4-6/h2-5,12H. The second-order valence-corrected chi connectivity index (χ2v) is 3.64. The lowest BCUT2D eigenvalue weighted by Gasteiger charge is -1.90. The van der Waals surface area contributed by atoms with Crippen LogP contribution in [0.1, 0.15) is 0 Å². The predicted molar refractivity (Wildman–Crippen MR) is 57.3 cm³/mol. The van der Waals surface area contributed by atoms with Gasteiger partial charge in [0.25, 0.3) is 0 Å². The number of nitrogens with zero attached hydrogens (tertiary/aromatic N) is 1. The molecule has 0 aliphatic carbocycles. The van der Waals surface area contributed by atoms with Gasteiger partial charge < -0.3 is 4.98 Å². The van der Waals surface area contributed by atoms with E-state index in [0.29, 0.717) is 5.69 Å². The second kappa shape index (κ2) is 2.79. The van der Waals surface area contributed by atoms with Crippen LogP contribution in [0.4, 0.5) is 5.69 Å². The minimum absolute atomic E-state index is 0.681. The summed E-state index contributed by atoms with van der Waals surface area (Å²) < 4.78 is 1.19. The van der Waals surface area contributed by atoms with Crippen LogP contribution in [0.2, 0.25) is 0 Å². The molecule has 0 aliphatic rings. The Kier molecular flexibility index (Phi) is 1.77. The lowest BCUT2D eigenvalue weighted by atomic mass is 10.2. The smallest absolute Gasteiger partial charge is 0.189 e. The van der Waals surface area contributed by atoms with Gasteiger partial charge in [0.1, 0.15) is 0 Å². The first-order valence-electron chi connectivity index (χ1n) is 3.45. The molecule has 0 unspecified atom stereocenters. The maximum Gasteiger partial charge on any atom is 0.189 e. The Balaban J connectivity index is 2.80. The fourth-order valence-electron chi connectivity index (χ4n) is 1.15. The average molecular weight is 268 g/mol. The molecule has 0 radical (unpaired) electrons. The first-order valence-corrected chi connectivity index (χ1v) is 4.53. The molecule has 0 spiro atoms. The zero-order chi connectivity index (χ0) is 8.55. The highest BCUT2D eigenvalue weighted by Crippen LogP contribution is 2.24. The Morgan fingerprint density at radius 3 is 3.00 bits per heavy atom. The molecule has 1 N–H and O–H groups in total. The summed E-state index contributed by atoms with van der Waals surface area (Å²) in [5, 5.41) is 1.18. The van der Waals surface area contributed by atoms with Crippen LogP contribution >= 0.6 is 22.6 Å². The van der Waals surface area contributed by atoms with Gasteiger partial charge in [0.2, 0.25) is 0 Å². The molecule has 2 rings (SSSR count). The Morgan fingerprint density at radius 2 is 2.25 bits per heavy atom. The summed E-state index contributed by atoms with van der Waals surface area (Å²) >= 11 is 2.27. The number of aromatic amines is 1. The van der Waals surface area contributed by atoms with E-state index in [0.717, 1.165) is 5.52 Å².